The molecule has 3 nitrogen and oxygen atoms in total. The van der Waals surface area contributed by atoms with E-state index in [-0.39, 0.29) is 12.1 Å². The van der Waals surface area contributed by atoms with E-state index >= 15 is 0 Å². The van der Waals surface area contributed by atoms with Gasteiger partial charge in [-0.3, -0.25) is 0 Å². The lowest BCUT2D eigenvalue weighted by Crippen LogP contribution is -2.23. The van der Waals surface area contributed by atoms with Crippen LogP contribution in [-0.4, -0.2) is 18.7 Å². The molecule has 1 N–H and O–H groups in total. The van der Waals surface area contributed by atoms with E-state index in [4.69, 9.17) is 4.74 Å². The van der Waals surface area contributed by atoms with Gasteiger partial charge in [0.1, 0.15) is 6.61 Å². The van der Waals surface area contributed by atoms with Gasteiger partial charge in [0.15, 0.2) is 0 Å². The molecule has 0 spiro atoms. The molecule has 0 aliphatic carbocycles. The van der Waals surface area contributed by atoms with Crippen molar-refractivity contribution < 1.29 is 9.53 Å². The summed E-state index contributed by atoms with van der Waals surface area (Å²) < 4.78 is 4.70. The Bertz CT molecular complexity index is 175. The van der Waals surface area contributed by atoms with Gasteiger partial charge in [0.05, 0.1) is 6.04 Å². The fourth-order valence-electron chi connectivity index (χ4n) is 0.860. The molecule has 1 saturated heterocycles. The number of carbonyl (C=O) groups is 1. The summed E-state index contributed by atoms with van der Waals surface area (Å²) in [5.74, 6) is 0.521. The van der Waals surface area contributed by atoms with Crippen molar-refractivity contribution >= 4 is 6.09 Å². The second-order valence-corrected chi connectivity index (χ2v) is 2.98. The first-order chi connectivity index (χ1) is 5.18. The topological polar surface area (TPSA) is 38.3 Å². The van der Waals surface area contributed by atoms with Crippen molar-refractivity contribution in [1.82, 2.24) is 5.32 Å². The number of hydrogen-bond acceptors (Lipinski definition) is 2. The quantitative estimate of drug-likeness (QED) is 0.610. The molecule has 1 unspecified atom stereocenters. The van der Waals surface area contributed by atoms with Gasteiger partial charge in [0.2, 0.25) is 0 Å². The molecule has 11 heavy (non-hydrogen) atoms. The monoisotopic (exact) mass is 155 g/mol. The van der Waals surface area contributed by atoms with Gasteiger partial charge >= 0.3 is 6.09 Å². The predicted octanol–water partition coefficient (Wildman–Crippen LogP) is 1.31. The maximum Gasteiger partial charge on any atom is 0.407 e. The lowest BCUT2D eigenvalue weighted by Gasteiger charge is -1.99. The number of allylic oxidation sites excluding steroid dienone is 1. The van der Waals surface area contributed by atoms with Crippen LogP contribution in [0.4, 0.5) is 4.79 Å². The molecule has 62 valence electrons. The highest BCUT2D eigenvalue weighted by Crippen LogP contribution is 2.01. The van der Waals surface area contributed by atoms with Crippen molar-refractivity contribution in [3.63, 3.8) is 0 Å². The summed E-state index contributed by atoms with van der Waals surface area (Å²) in [7, 11) is 0. The zero-order valence-corrected chi connectivity index (χ0v) is 6.83. The lowest BCUT2D eigenvalue weighted by atomic mass is 10.2. The standard InChI is InChI=1S/C8H13NO2/c1-6(2)3-4-7-5-11-8(10)9-7/h3-4,6-7H,5H2,1-2H3,(H,9,10). The van der Waals surface area contributed by atoms with Crippen LogP contribution in [-0.2, 0) is 4.74 Å². The Labute approximate surface area is 66.4 Å². The Kier molecular flexibility index (Phi) is 2.52. The zero-order valence-electron chi connectivity index (χ0n) is 6.83. The number of ether oxygens (including phenoxy) is 1. The Morgan fingerprint density at radius 2 is 2.45 bits per heavy atom. The van der Waals surface area contributed by atoms with Crippen LogP contribution in [0.5, 0.6) is 0 Å². The number of alkyl carbamates (subject to hydrolysis) is 1. The summed E-state index contributed by atoms with van der Waals surface area (Å²) in [4.78, 5) is 10.5. The summed E-state index contributed by atoms with van der Waals surface area (Å²) in [5.41, 5.74) is 0. The molecule has 0 saturated carbocycles. The maximum atomic E-state index is 10.5. The van der Waals surface area contributed by atoms with Gasteiger partial charge in [-0.2, -0.15) is 0 Å². The Morgan fingerprint density at radius 3 is 2.91 bits per heavy atom. The summed E-state index contributed by atoms with van der Waals surface area (Å²) >= 11 is 0. The van der Waals surface area contributed by atoms with Crippen molar-refractivity contribution in [2.24, 2.45) is 5.92 Å². The molecule has 1 rings (SSSR count). The highest BCUT2D eigenvalue weighted by molar-refractivity contribution is 5.70. The van der Waals surface area contributed by atoms with E-state index in [0.717, 1.165) is 0 Å². The van der Waals surface area contributed by atoms with E-state index in [9.17, 15) is 4.79 Å². The molecule has 1 aliphatic rings. The van der Waals surface area contributed by atoms with Gasteiger partial charge in [-0.25, -0.2) is 4.79 Å². The highest BCUT2D eigenvalue weighted by atomic mass is 16.6. The van der Waals surface area contributed by atoms with E-state index in [1.807, 2.05) is 6.08 Å². The minimum atomic E-state index is -0.316. The average Bonchev–Trinajstić information content (AvgIpc) is 2.31. The molecular weight excluding hydrogens is 142 g/mol. The van der Waals surface area contributed by atoms with Gasteiger partial charge in [-0.1, -0.05) is 26.0 Å². The van der Waals surface area contributed by atoms with Crippen LogP contribution in [0.1, 0.15) is 13.8 Å². The molecular formula is C8H13NO2. The third-order valence-corrected chi connectivity index (χ3v) is 1.43. The lowest BCUT2D eigenvalue weighted by molar-refractivity contribution is 0.177. The van der Waals surface area contributed by atoms with Crippen molar-refractivity contribution in [2.75, 3.05) is 6.61 Å². The number of rotatable bonds is 2. The second kappa shape index (κ2) is 3.42. The van der Waals surface area contributed by atoms with E-state index in [1.165, 1.54) is 0 Å². The van der Waals surface area contributed by atoms with E-state index < -0.39 is 0 Å². The molecule has 0 aromatic carbocycles. The minimum absolute atomic E-state index is 0.0740. The van der Waals surface area contributed by atoms with Crippen LogP contribution in [0.3, 0.4) is 0 Å². The van der Waals surface area contributed by atoms with Crippen LogP contribution in [0, 0.1) is 5.92 Å². The summed E-state index contributed by atoms with van der Waals surface area (Å²) in [6.45, 7) is 4.64. The zero-order chi connectivity index (χ0) is 8.27. The molecule has 0 bridgehead atoms. The molecule has 1 fully saturated rings. The van der Waals surface area contributed by atoms with E-state index in [2.05, 4.69) is 25.2 Å². The second-order valence-electron chi connectivity index (χ2n) is 2.98. The first-order valence-electron chi connectivity index (χ1n) is 3.80. The molecule has 1 aliphatic heterocycles. The minimum Gasteiger partial charge on any atom is -0.447 e. The van der Waals surface area contributed by atoms with Crippen molar-refractivity contribution in [3.05, 3.63) is 12.2 Å². The largest absolute Gasteiger partial charge is 0.447 e. The van der Waals surface area contributed by atoms with Crippen LogP contribution >= 0.6 is 0 Å². The van der Waals surface area contributed by atoms with Crippen LogP contribution in [0.15, 0.2) is 12.2 Å². The number of carbonyl (C=O) groups excluding carboxylic acids is 1. The van der Waals surface area contributed by atoms with Gasteiger partial charge in [-0.15, -0.1) is 0 Å². The first kappa shape index (κ1) is 8.11. The van der Waals surface area contributed by atoms with Gasteiger partial charge in [0.25, 0.3) is 0 Å². The fraction of sp³-hybridized carbons (Fsp3) is 0.625. The fourth-order valence-corrected chi connectivity index (χ4v) is 0.860. The third-order valence-electron chi connectivity index (χ3n) is 1.43. The smallest absolute Gasteiger partial charge is 0.407 e. The third kappa shape index (κ3) is 2.62. The Morgan fingerprint density at radius 1 is 1.73 bits per heavy atom. The van der Waals surface area contributed by atoms with Crippen molar-refractivity contribution in [1.29, 1.82) is 0 Å². The normalized spacial score (nSPS) is 24.3. The predicted molar refractivity (Wildman–Crippen MR) is 42.2 cm³/mol. The Hall–Kier alpha value is -0.990. The first-order valence-corrected chi connectivity index (χ1v) is 3.80. The number of hydrogen-bond donors (Lipinski definition) is 1. The van der Waals surface area contributed by atoms with Crippen molar-refractivity contribution in [3.8, 4) is 0 Å². The highest BCUT2D eigenvalue weighted by Gasteiger charge is 2.18. The van der Waals surface area contributed by atoms with Crippen LogP contribution in [0.25, 0.3) is 0 Å². The van der Waals surface area contributed by atoms with Gasteiger partial charge < -0.3 is 10.1 Å². The number of amides is 1. The average molecular weight is 155 g/mol. The van der Waals surface area contributed by atoms with E-state index in [1.54, 1.807) is 0 Å². The van der Waals surface area contributed by atoms with Gasteiger partial charge in [-0.05, 0) is 5.92 Å². The molecule has 0 aromatic heterocycles. The number of cyclic esters (lactones) is 1. The maximum absolute atomic E-state index is 10.5. The molecule has 0 aromatic rings. The van der Waals surface area contributed by atoms with Crippen molar-refractivity contribution in [2.45, 2.75) is 19.9 Å². The summed E-state index contributed by atoms with van der Waals surface area (Å²) in [6, 6.07) is 0.0740. The van der Waals surface area contributed by atoms with Crippen LogP contribution < -0.4 is 5.32 Å². The summed E-state index contributed by atoms with van der Waals surface area (Å²) in [5, 5.41) is 2.66. The molecule has 3 heteroatoms. The SMILES string of the molecule is CC(C)C=CC1COC(=O)N1. The molecule has 1 atom stereocenters. The van der Waals surface area contributed by atoms with Gasteiger partial charge in [0, 0.05) is 0 Å². The molecule has 0 radical (unpaired) electrons. The molecule has 1 amide bonds. The number of nitrogens with one attached hydrogen (secondary N) is 1. The summed E-state index contributed by atoms with van der Waals surface area (Å²) in [6.07, 6.45) is 3.71. The Balaban J connectivity index is 2.33. The molecule has 1 heterocycles. The van der Waals surface area contributed by atoms with E-state index in [0.29, 0.717) is 12.5 Å². The van der Waals surface area contributed by atoms with Crippen LogP contribution in [0.2, 0.25) is 0 Å².